The van der Waals surface area contributed by atoms with Gasteiger partial charge in [-0.3, -0.25) is 9.88 Å². The minimum absolute atomic E-state index is 0.592. The van der Waals surface area contributed by atoms with Crippen molar-refractivity contribution in [3.05, 3.63) is 129 Å². The maximum absolute atomic E-state index is 9.20. The number of nitriles is 1. The van der Waals surface area contributed by atoms with Gasteiger partial charge in [-0.2, -0.15) is 5.26 Å². The fourth-order valence-electron chi connectivity index (χ4n) is 6.00. The van der Waals surface area contributed by atoms with Gasteiger partial charge in [-0.25, -0.2) is 0 Å². The highest BCUT2D eigenvalue weighted by Crippen LogP contribution is 2.30. The Labute approximate surface area is 250 Å². The van der Waals surface area contributed by atoms with Crippen LogP contribution in [0.4, 0.5) is 0 Å². The van der Waals surface area contributed by atoms with E-state index >= 15 is 0 Å². The normalized spacial score (nSPS) is 13.6. The summed E-state index contributed by atoms with van der Waals surface area (Å²) in [6.45, 7) is 9.72. The maximum atomic E-state index is 9.20. The van der Waals surface area contributed by atoms with Gasteiger partial charge in [0, 0.05) is 24.0 Å². The second kappa shape index (κ2) is 13.8. The van der Waals surface area contributed by atoms with Crippen LogP contribution in [0.5, 0.6) is 0 Å². The van der Waals surface area contributed by atoms with Crippen LogP contribution in [0.3, 0.4) is 0 Å². The molecule has 0 amide bonds. The SMILES string of the molecule is C=Cc1cc(Cl)c(CCc2cccc(-c3cccc(CN4CCCCC4)c3)c2C)cc1CCc1cncc(C#N)c1. The number of rotatable bonds is 10. The summed E-state index contributed by atoms with van der Waals surface area (Å²) in [6.07, 6.45) is 12.7. The molecular weight excluding hydrogens is 522 g/mol. The molecule has 4 aromatic rings. The second-order valence-electron chi connectivity index (χ2n) is 11.2. The Hall–Kier alpha value is -3.71. The molecule has 3 aromatic carbocycles. The zero-order valence-corrected chi connectivity index (χ0v) is 24.8. The molecule has 0 atom stereocenters. The first-order valence-corrected chi connectivity index (χ1v) is 15.1. The number of likely N-dealkylation sites (tertiary alicyclic amines) is 1. The molecule has 1 aromatic heterocycles. The van der Waals surface area contributed by atoms with E-state index in [1.54, 1.807) is 6.20 Å². The van der Waals surface area contributed by atoms with Crippen molar-refractivity contribution in [2.45, 2.75) is 58.4 Å². The molecule has 5 rings (SSSR count). The van der Waals surface area contributed by atoms with Gasteiger partial charge < -0.3 is 0 Å². The van der Waals surface area contributed by atoms with Gasteiger partial charge in [-0.15, -0.1) is 0 Å². The van der Waals surface area contributed by atoms with E-state index in [2.05, 4.69) is 78.0 Å². The van der Waals surface area contributed by atoms with E-state index in [0.29, 0.717) is 5.56 Å². The van der Waals surface area contributed by atoms with Gasteiger partial charge in [0.25, 0.3) is 0 Å². The highest BCUT2D eigenvalue weighted by Gasteiger charge is 2.13. The molecule has 0 unspecified atom stereocenters. The van der Waals surface area contributed by atoms with E-state index in [4.69, 9.17) is 11.6 Å². The molecule has 41 heavy (non-hydrogen) atoms. The minimum atomic E-state index is 0.592. The Balaban J connectivity index is 1.31. The Bertz CT molecular complexity index is 1560. The molecule has 0 radical (unpaired) electrons. The molecule has 3 nitrogen and oxygen atoms in total. The molecule has 4 heteroatoms. The third-order valence-electron chi connectivity index (χ3n) is 8.34. The predicted molar refractivity (Wildman–Crippen MR) is 171 cm³/mol. The van der Waals surface area contributed by atoms with Crippen LogP contribution in [0.1, 0.15) is 63.8 Å². The van der Waals surface area contributed by atoms with Crippen LogP contribution in [0, 0.1) is 18.3 Å². The second-order valence-corrected chi connectivity index (χ2v) is 11.6. The van der Waals surface area contributed by atoms with Crippen molar-refractivity contribution < 1.29 is 0 Å². The van der Waals surface area contributed by atoms with E-state index in [-0.39, 0.29) is 0 Å². The molecule has 0 N–H and O–H groups in total. The van der Waals surface area contributed by atoms with E-state index < -0.39 is 0 Å². The standard InChI is InChI=1S/C37H38ClN3/c1-3-31-22-37(38)35(21-33(31)14-13-28-19-30(23-39)25-40-24-28)16-15-32-10-8-12-36(27(32)2)34-11-7-9-29(20-34)26-41-17-5-4-6-18-41/h3,7-12,19-22,24-25H,1,4-6,13-18,26H2,2H3. The summed E-state index contributed by atoms with van der Waals surface area (Å²) in [6, 6.07) is 24.1. The third kappa shape index (κ3) is 7.33. The lowest BCUT2D eigenvalue weighted by Crippen LogP contribution is -2.29. The first-order chi connectivity index (χ1) is 20.0. The van der Waals surface area contributed by atoms with Crippen molar-refractivity contribution in [1.29, 1.82) is 5.26 Å². The van der Waals surface area contributed by atoms with Crippen LogP contribution >= 0.6 is 11.6 Å². The van der Waals surface area contributed by atoms with Crippen molar-refractivity contribution in [2.75, 3.05) is 13.1 Å². The molecule has 1 aliphatic rings. The molecule has 0 spiro atoms. The number of piperidine rings is 1. The average molecular weight is 560 g/mol. The van der Waals surface area contributed by atoms with Gasteiger partial charge in [0.1, 0.15) is 6.07 Å². The monoisotopic (exact) mass is 559 g/mol. The lowest BCUT2D eigenvalue weighted by molar-refractivity contribution is 0.221. The number of aryl methyl sites for hydroxylation is 4. The van der Waals surface area contributed by atoms with E-state index in [1.807, 2.05) is 24.4 Å². The van der Waals surface area contributed by atoms with Crippen LogP contribution in [0.25, 0.3) is 17.2 Å². The molecule has 1 fully saturated rings. The molecule has 1 saturated heterocycles. The molecule has 2 heterocycles. The van der Waals surface area contributed by atoms with Gasteiger partial charge >= 0.3 is 0 Å². The summed E-state index contributed by atoms with van der Waals surface area (Å²) < 4.78 is 0. The number of aromatic nitrogens is 1. The highest BCUT2D eigenvalue weighted by molar-refractivity contribution is 6.31. The summed E-state index contributed by atoms with van der Waals surface area (Å²) in [7, 11) is 0. The van der Waals surface area contributed by atoms with Crippen molar-refractivity contribution in [1.82, 2.24) is 9.88 Å². The van der Waals surface area contributed by atoms with Gasteiger partial charge in [-0.05, 0) is 127 Å². The van der Waals surface area contributed by atoms with Crippen LogP contribution in [0.15, 0.2) is 79.6 Å². The molecular formula is C37H38ClN3. The zero-order chi connectivity index (χ0) is 28.6. The van der Waals surface area contributed by atoms with E-state index in [0.717, 1.165) is 53.9 Å². The lowest BCUT2D eigenvalue weighted by atomic mass is 9.91. The third-order valence-corrected chi connectivity index (χ3v) is 8.69. The molecule has 0 aliphatic carbocycles. The highest BCUT2D eigenvalue weighted by atomic mass is 35.5. The number of pyridine rings is 1. The summed E-state index contributed by atoms with van der Waals surface area (Å²) in [5.74, 6) is 0. The number of hydrogen-bond donors (Lipinski definition) is 0. The van der Waals surface area contributed by atoms with Crippen molar-refractivity contribution >= 4 is 17.7 Å². The molecule has 208 valence electrons. The summed E-state index contributed by atoms with van der Waals surface area (Å²) in [5.41, 5.74) is 11.8. The number of halogens is 1. The van der Waals surface area contributed by atoms with Crippen LogP contribution in [-0.4, -0.2) is 23.0 Å². The van der Waals surface area contributed by atoms with Gasteiger partial charge in [0.2, 0.25) is 0 Å². The van der Waals surface area contributed by atoms with Gasteiger partial charge in [0.05, 0.1) is 5.56 Å². The Morgan fingerprint density at radius 1 is 0.878 bits per heavy atom. The Kier molecular flexibility index (Phi) is 9.67. The molecule has 0 saturated carbocycles. The van der Waals surface area contributed by atoms with E-state index in [1.165, 1.54) is 65.7 Å². The van der Waals surface area contributed by atoms with Gasteiger partial charge in [0.15, 0.2) is 0 Å². The Morgan fingerprint density at radius 2 is 1.66 bits per heavy atom. The predicted octanol–water partition coefficient (Wildman–Crippen LogP) is 8.78. The van der Waals surface area contributed by atoms with Gasteiger partial charge in [-0.1, -0.05) is 73.1 Å². The van der Waals surface area contributed by atoms with Crippen LogP contribution < -0.4 is 0 Å². The Morgan fingerprint density at radius 3 is 2.46 bits per heavy atom. The fourth-order valence-corrected chi connectivity index (χ4v) is 6.26. The smallest absolute Gasteiger partial charge is 0.101 e. The average Bonchev–Trinajstić information content (AvgIpc) is 3.01. The maximum Gasteiger partial charge on any atom is 0.101 e. The topological polar surface area (TPSA) is 39.9 Å². The van der Waals surface area contributed by atoms with Crippen molar-refractivity contribution in [3.8, 4) is 17.2 Å². The summed E-state index contributed by atoms with van der Waals surface area (Å²) in [5, 5.41) is 9.99. The molecule has 0 bridgehead atoms. The largest absolute Gasteiger partial charge is 0.299 e. The summed E-state index contributed by atoms with van der Waals surface area (Å²) in [4.78, 5) is 6.79. The number of benzene rings is 3. The quantitative estimate of drug-likeness (QED) is 0.195. The van der Waals surface area contributed by atoms with Crippen LogP contribution in [-0.2, 0) is 32.2 Å². The van der Waals surface area contributed by atoms with Crippen LogP contribution in [0.2, 0.25) is 5.02 Å². The first-order valence-electron chi connectivity index (χ1n) is 14.7. The number of nitrogens with zero attached hydrogens (tertiary/aromatic N) is 3. The lowest BCUT2D eigenvalue weighted by Gasteiger charge is -2.26. The minimum Gasteiger partial charge on any atom is -0.299 e. The van der Waals surface area contributed by atoms with Crippen molar-refractivity contribution in [2.24, 2.45) is 0 Å². The van der Waals surface area contributed by atoms with E-state index in [9.17, 15) is 5.26 Å². The molecule has 1 aliphatic heterocycles. The van der Waals surface area contributed by atoms with Crippen molar-refractivity contribution in [3.63, 3.8) is 0 Å². The fraction of sp³-hybridized carbons (Fsp3) is 0.297. The summed E-state index contributed by atoms with van der Waals surface area (Å²) >= 11 is 6.77. The zero-order valence-electron chi connectivity index (χ0n) is 24.0. The number of hydrogen-bond acceptors (Lipinski definition) is 3. The first kappa shape index (κ1) is 28.8.